The summed E-state index contributed by atoms with van der Waals surface area (Å²) in [7, 11) is 1.45. The third-order valence-electron chi connectivity index (χ3n) is 3.46. The lowest BCUT2D eigenvalue weighted by Gasteiger charge is -2.24. The maximum Gasteiger partial charge on any atom is 0.169 e. The van der Waals surface area contributed by atoms with Gasteiger partial charge in [-0.05, 0) is 19.3 Å². The zero-order valence-corrected chi connectivity index (χ0v) is 10.3. The molecule has 4 nitrogen and oxygen atoms in total. The molecule has 1 aromatic rings. The van der Waals surface area contributed by atoms with Crippen LogP contribution in [0.4, 0.5) is 4.39 Å². The topological polar surface area (TPSA) is 53.7 Å². The maximum atomic E-state index is 13.9. The molecule has 0 aromatic heterocycles. The van der Waals surface area contributed by atoms with E-state index in [0.29, 0.717) is 36.7 Å². The number of nitrogens with two attached hydrogens (primary N) is 1. The Balaban J connectivity index is 2.08. The minimum atomic E-state index is -0.430. The van der Waals surface area contributed by atoms with E-state index in [4.69, 9.17) is 19.9 Å². The molecule has 5 heteroatoms. The Morgan fingerprint density at radius 1 is 1.39 bits per heavy atom. The van der Waals surface area contributed by atoms with Crippen molar-refractivity contribution in [3.05, 3.63) is 17.4 Å². The van der Waals surface area contributed by atoms with Crippen molar-refractivity contribution in [3.8, 4) is 17.2 Å². The molecular weight excluding hydrogens is 237 g/mol. The van der Waals surface area contributed by atoms with Crippen LogP contribution in [-0.4, -0.2) is 25.9 Å². The van der Waals surface area contributed by atoms with Crippen LogP contribution in [0, 0.1) is 5.82 Å². The fraction of sp³-hybridized carbons (Fsp3) is 0.538. The van der Waals surface area contributed by atoms with Gasteiger partial charge in [-0.1, -0.05) is 0 Å². The zero-order valence-electron chi connectivity index (χ0n) is 10.3. The highest BCUT2D eigenvalue weighted by molar-refractivity contribution is 5.56. The number of rotatable bonds is 3. The van der Waals surface area contributed by atoms with E-state index in [1.165, 1.54) is 13.2 Å². The second kappa shape index (κ2) is 4.02. The van der Waals surface area contributed by atoms with Gasteiger partial charge in [0.05, 0.1) is 7.11 Å². The van der Waals surface area contributed by atoms with Gasteiger partial charge in [-0.15, -0.1) is 0 Å². The van der Waals surface area contributed by atoms with Crippen molar-refractivity contribution in [1.29, 1.82) is 0 Å². The third-order valence-corrected chi connectivity index (χ3v) is 3.46. The van der Waals surface area contributed by atoms with Crippen LogP contribution in [0.1, 0.15) is 18.4 Å². The third kappa shape index (κ3) is 1.88. The normalized spacial score (nSPS) is 19.5. The average Bonchev–Trinajstić information content (AvgIpc) is 3.07. The minimum Gasteiger partial charge on any atom is -0.493 e. The summed E-state index contributed by atoms with van der Waals surface area (Å²) in [6.07, 6.45) is 2.45. The molecule has 0 saturated heterocycles. The number of hydrogen-bond donors (Lipinski definition) is 1. The van der Waals surface area contributed by atoms with Crippen molar-refractivity contribution in [2.45, 2.75) is 24.8 Å². The Hall–Kier alpha value is -1.49. The van der Waals surface area contributed by atoms with Crippen LogP contribution in [0.25, 0.3) is 0 Å². The van der Waals surface area contributed by atoms with Gasteiger partial charge in [-0.25, -0.2) is 4.39 Å². The van der Waals surface area contributed by atoms with Crippen molar-refractivity contribution in [1.82, 2.24) is 0 Å². The van der Waals surface area contributed by atoms with Gasteiger partial charge in [0, 0.05) is 17.2 Å². The summed E-state index contributed by atoms with van der Waals surface area (Å²) in [4.78, 5) is 0. The van der Waals surface area contributed by atoms with E-state index in [9.17, 15) is 4.39 Å². The number of benzene rings is 1. The highest BCUT2D eigenvalue weighted by atomic mass is 19.1. The number of halogens is 1. The molecule has 3 rings (SSSR count). The molecule has 1 aromatic carbocycles. The second-order valence-electron chi connectivity index (χ2n) is 4.93. The molecular formula is C13H16FNO3. The van der Waals surface area contributed by atoms with Gasteiger partial charge in [0.2, 0.25) is 0 Å². The molecule has 0 amide bonds. The fourth-order valence-electron chi connectivity index (χ4n) is 2.27. The first-order valence-corrected chi connectivity index (χ1v) is 6.07. The van der Waals surface area contributed by atoms with Crippen molar-refractivity contribution in [2.24, 2.45) is 5.73 Å². The van der Waals surface area contributed by atoms with Crippen LogP contribution in [0.2, 0.25) is 0 Å². The predicted octanol–water partition coefficient (Wildman–Crippen LogP) is 1.64. The maximum absolute atomic E-state index is 13.9. The predicted molar refractivity (Wildman–Crippen MR) is 63.8 cm³/mol. The number of methoxy groups -OCH3 is 1. The molecule has 2 N–H and O–H groups in total. The fourth-order valence-corrected chi connectivity index (χ4v) is 2.27. The summed E-state index contributed by atoms with van der Waals surface area (Å²) in [6, 6.07) is 1.31. The SMILES string of the molecule is COc1c(F)cc2c(c1CC1(N)CC1)OCCO2. The van der Waals surface area contributed by atoms with Gasteiger partial charge >= 0.3 is 0 Å². The largest absolute Gasteiger partial charge is 0.493 e. The van der Waals surface area contributed by atoms with E-state index in [1.807, 2.05) is 0 Å². The summed E-state index contributed by atoms with van der Waals surface area (Å²) in [5.74, 6) is 0.812. The van der Waals surface area contributed by atoms with Gasteiger partial charge < -0.3 is 19.9 Å². The van der Waals surface area contributed by atoms with Crippen molar-refractivity contribution in [2.75, 3.05) is 20.3 Å². The first kappa shape index (κ1) is 11.6. The molecule has 1 heterocycles. The first-order chi connectivity index (χ1) is 8.63. The number of hydrogen-bond acceptors (Lipinski definition) is 4. The summed E-state index contributed by atoms with van der Waals surface area (Å²) in [5.41, 5.74) is 6.56. The molecule has 98 valence electrons. The zero-order chi connectivity index (χ0) is 12.8. The summed E-state index contributed by atoms with van der Waals surface area (Å²) in [6.45, 7) is 0.901. The molecule has 18 heavy (non-hydrogen) atoms. The first-order valence-electron chi connectivity index (χ1n) is 6.07. The van der Waals surface area contributed by atoms with E-state index in [0.717, 1.165) is 12.8 Å². The van der Waals surface area contributed by atoms with Gasteiger partial charge in [-0.2, -0.15) is 0 Å². The smallest absolute Gasteiger partial charge is 0.169 e. The van der Waals surface area contributed by atoms with Gasteiger partial charge in [-0.3, -0.25) is 0 Å². The van der Waals surface area contributed by atoms with E-state index in [1.54, 1.807) is 0 Å². The molecule has 0 radical (unpaired) electrons. The van der Waals surface area contributed by atoms with Crippen LogP contribution >= 0.6 is 0 Å². The van der Waals surface area contributed by atoms with Crippen LogP contribution in [0.3, 0.4) is 0 Å². The van der Waals surface area contributed by atoms with Crippen molar-refractivity contribution in [3.63, 3.8) is 0 Å². The van der Waals surface area contributed by atoms with Crippen molar-refractivity contribution < 1.29 is 18.6 Å². The molecule has 0 spiro atoms. The molecule has 2 aliphatic rings. The Morgan fingerprint density at radius 2 is 2.11 bits per heavy atom. The highest BCUT2D eigenvalue weighted by Gasteiger charge is 2.41. The molecule has 0 atom stereocenters. The van der Waals surface area contributed by atoms with Gasteiger partial charge in [0.1, 0.15) is 13.2 Å². The Morgan fingerprint density at radius 3 is 2.78 bits per heavy atom. The Bertz CT molecular complexity index is 486. The summed E-state index contributed by atoms with van der Waals surface area (Å²) < 4.78 is 30.1. The second-order valence-corrected chi connectivity index (χ2v) is 4.93. The van der Waals surface area contributed by atoms with E-state index >= 15 is 0 Å². The summed E-state index contributed by atoms with van der Waals surface area (Å²) in [5, 5.41) is 0. The van der Waals surface area contributed by atoms with E-state index < -0.39 is 5.82 Å². The molecule has 1 saturated carbocycles. The van der Waals surface area contributed by atoms with Crippen LogP contribution < -0.4 is 19.9 Å². The monoisotopic (exact) mass is 253 g/mol. The molecule has 0 bridgehead atoms. The highest BCUT2D eigenvalue weighted by Crippen LogP contribution is 2.46. The number of fused-ring (bicyclic) bond motifs is 1. The molecule has 1 aliphatic carbocycles. The molecule has 1 fully saturated rings. The number of ether oxygens (including phenoxy) is 3. The lowest BCUT2D eigenvalue weighted by Crippen LogP contribution is -2.26. The average molecular weight is 253 g/mol. The van der Waals surface area contributed by atoms with E-state index in [-0.39, 0.29) is 11.3 Å². The van der Waals surface area contributed by atoms with Gasteiger partial charge in [0.25, 0.3) is 0 Å². The van der Waals surface area contributed by atoms with Crippen LogP contribution in [0.5, 0.6) is 17.2 Å². The lowest BCUT2D eigenvalue weighted by molar-refractivity contribution is 0.167. The van der Waals surface area contributed by atoms with Gasteiger partial charge in [0.15, 0.2) is 23.1 Å². The standard InChI is InChI=1S/C13H16FNO3/c1-16-11-8(7-13(15)2-3-13)12-10(6-9(11)14)17-4-5-18-12/h6H,2-5,7,15H2,1H3. The minimum absolute atomic E-state index is 0.218. The summed E-state index contributed by atoms with van der Waals surface area (Å²) >= 11 is 0. The van der Waals surface area contributed by atoms with Crippen molar-refractivity contribution >= 4 is 0 Å². The van der Waals surface area contributed by atoms with Crippen LogP contribution in [0.15, 0.2) is 6.07 Å². The lowest BCUT2D eigenvalue weighted by atomic mass is 10.0. The van der Waals surface area contributed by atoms with E-state index in [2.05, 4.69) is 0 Å². The quantitative estimate of drug-likeness (QED) is 0.889. The molecule has 1 aliphatic heterocycles. The Kier molecular flexibility index (Phi) is 2.59. The van der Waals surface area contributed by atoms with Crippen LogP contribution in [-0.2, 0) is 6.42 Å². The Labute approximate surface area is 105 Å². The molecule has 0 unspecified atom stereocenters.